The van der Waals surface area contributed by atoms with Crippen molar-refractivity contribution in [3.05, 3.63) is 73.7 Å². The van der Waals surface area contributed by atoms with E-state index in [1.807, 2.05) is 34.2 Å². The highest BCUT2D eigenvalue weighted by molar-refractivity contribution is 6.97. The molecule has 4 heteroatoms. The van der Waals surface area contributed by atoms with Gasteiger partial charge in [0.15, 0.2) is 16.6 Å². The zero-order valence-electron chi connectivity index (χ0n) is 13.6. The molecule has 0 rings (SSSR count). The number of hydrogen-bond acceptors (Lipinski definition) is 1. The molecule has 0 aliphatic heterocycles. The Labute approximate surface area is 129 Å². The van der Waals surface area contributed by atoms with Gasteiger partial charge in [-0.3, -0.25) is 0 Å². The van der Waals surface area contributed by atoms with E-state index in [1.54, 1.807) is 0 Å². The van der Waals surface area contributed by atoms with Crippen molar-refractivity contribution in [1.82, 2.24) is 0 Å². The van der Waals surface area contributed by atoms with Crippen LogP contribution in [0.4, 0.5) is 0 Å². The quantitative estimate of drug-likeness (QED) is 0.558. The predicted molar refractivity (Wildman–Crippen MR) is 103 cm³/mol. The molecule has 0 bridgehead atoms. The summed E-state index contributed by atoms with van der Waals surface area (Å²) in [5.74, 6) is 0. The van der Waals surface area contributed by atoms with Gasteiger partial charge in [0.2, 0.25) is 0 Å². The highest BCUT2D eigenvalue weighted by atomic mass is 28.4. The monoisotopic (exact) mass is 322 g/mol. The Morgan fingerprint density at radius 1 is 0.550 bits per heavy atom. The predicted octanol–water partition coefficient (Wildman–Crippen LogP) is 5.20. The summed E-state index contributed by atoms with van der Waals surface area (Å²) in [6, 6.07) is 0. The lowest BCUT2D eigenvalue weighted by molar-refractivity contribution is 0.571. The van der Waals surface area contributed by atoms with Gasteiger partial charge in [0.25, 0.3) is 0 Å². The minimum absolute atomic E-state index is 1.58. The van der Waals surface area contributed by atoms with E-state index in [2.05, 4.69) is 65.7 Å². The summed E-state index contributed by atoms with van der Waals surface area (Å²) in [7, 11) is -4.79. The van der Waals surface area contributed by atoms with E-state index in [9.17, 15) is 0 Å². The van der Waals surface area contributed by atoms with Gasteiger partial charge in [0.1, 0.15) is 8.07 Å². The number of hydrogen-bond donors (Lipinski definition) is 0. The Bertz CT molecular complexity index is 326. The van der Waals surface area contributed by atoms with Crippen molar-refractivity contribution in [2.45, 2.75) is 26.2 Å². The highest BCUT2D eigenvalue weighted by Gasteiger charge is 2.27. The molecule has 0 aliphatic rings. The van der Waals surface area contributed by atoms with E-state index in [1.165, 1.54) is 0 Å². The average molecular weight is 323 g/mol. The fraction of sp³-hybridized carbons (Fsp3) is 0.250. The van der Waals surface area contributed by atoms with Crippen molar-refractivity contribution in [3.63, 3.8) is 0 Å². The van der Waals surface area contributed by atoms with Gasteiger partial charge in [-0.1, -0.05) is 34.2 Å². The molecule has 0 atom stereocenters. The summed E-state index contributed by atoms with van der Waals surface area (Å²) in [4.78, 5) is 0. The van der Waals surface area contributed by atoms with Crippen molar-refractivity contribution >= 4 is 24.7 Å². The Hall–Kier alpha value is -0.949. The molecule has 20 heavy (non-hydrogen) atoms. The van der Waals surface area contributed by atoms with Gasteiger partial charge in [-0.2, -0.15) is 0 Å². The minimum atomic E-state index is -1.64. The Balaban J connectivity index is 0. The van der Waals surface area contributed by atoms with E-state index in [0.29, 0.717) is 0 Å². The molecule has 0 spiro atoms. The maximum atomic E-state index is 5.97. The first-order valence-corrected chi connectivity index (χ1v) is 14.9. The topological polar surface area (TPSA) is 9.23 Å². The van der Waals surface area contributed by atoms with Crippen LogP contribution >= 0.6 is 0 Å². The molecule has 0 radical (unpaired) electrons. The second-order valence-electron chi connectivity index (χ2n) is 5.53. The molecule has 0 aliphatic carbocycles. The third kappa shape index (κ3) is 8.27. The maximum absolute atomic E-state index is 5.97. The Morgan fingerprint density at radius 2 is 0.800 bits per heavy atom. The molecule has 0 aromatic carbocycles. The zero-order chi connectivity index (χ0) is 16.4. The van der Waals surface area contributed by atoms with Crippen molar-refractivity contribution in [2.24, 2.45) is 0 Å². The van der Waals surface area contributed by atoms with E-state index in [-0.39, 0.29) is 0 Å². The van der Waals surface area contributed by atoms with Gasteiger partial charge in [0, 0.05) is 0 Å². The first kappa shape index (κ1) is 21.4. The van der Waals surface area contributed by atoms with E-state index < -0.39 is 24.7 Å². The molecule has 0 aromatic heterocycles. The van der Waals surface area contributed by atoms with Gasteiger partial charge in [-0.25, -0.2) is 0 Å². The molecule has 0 N–H and O–H groups in total. The highest BCUT2D eigenvalue weighted by Crippen LogP contribution is 2.15. The third-order valence-corrected chi connectivity index (χ3v) is 11.9. The van der Waals surface area contributed by atoms with Gasteiger partial charge < -0.3 is 4.12 Å². The second-order valence-corrected chi connectivity index (χ2v) is 17.2. The lowest BCUT2D eigenvalue weighted by atomic mass is 11.2. The normalized spacial score (nSPS) is 11.4. The first-order valence-electron chi connectivity index (χ1n) is 6.59. The summed E-state index contributed by atoms with van der Waals surface area (Å²) < 4.78 is 5.97. The van der Waals surface area contributed by atoms with Crippen LogP contribution in [0, 0.1) is 0 Å². The van der Waals surface area contributed by atoms with Crippen LogP contribution < -0.4 is 0 Å². The summed E-state index contributed by atoms with van der Waals surface area (Å²) in [6.45, 7) is 30.9. The molecular weight excluding hydrogens is 292 g/mol. The van der Waals surface area contributed by atoms with E-state index in [4.69, 9.17) is 4.12 Å². The maximum Gasteiger partial charge on any atom is 0.198 e. The SMILES string of the molecule is C=C[Si](C)(C)O[Si](C)(C)C=C.C=C[Si](C=C)(C=C)C=C. The van der Waals surface area contributed by atoms with Crippen molar-refractivity contribution < 1.29 is 4.12 Å². The summed E-state index contributed by atoms with van der Waals surface area (Å²) in [6.07, 6.45) is 0. The minimum Gasteiger partial charge on any atom is -0.449 e. The van der Waals surface area contributed by atoms with Crippen LogP contribution in [0.15, 0.2) is 73.7 Å². The standard InChI is InChI=1S/C8H18OSi2.C8H12Si/c1-7-10(3,4)9-11(5,6)8-2;1-5-9(6-2,7-3)8-4/h7-8H,1-2H2,3-6H3;5-8H,1-4H2. The van der Waals surface area contributed by atoms with Crippen LogP contribution in [0.2, 0.25) is 26.2 Å². The van der Waals surface area contributed by atoms with Crippen molar-refractivity contribution in [1.29, 1.82) is 0 Å². The summed E-state index contributed by atoms with van der Waals surface area (Å²) in [5, 5.41) is 0. The van der Waals surface area contributed by atoms with Crippen LogP contribution in [-0.4, -0.2) is 24.7 Å². The van der Waals surface area contributed by atoms with Crippen LogP contribution in [0.25, 0.3) is 0 Å². The number of rotatable bonds is 8. The van der Waals surface area contributed by atoms with Crippen LogP contribution in [0.1, 0.15) is 0 Å². The zero-order valence-corrected chi connectivity index (χ0v) is 16.6. The van der Waals surface area contributed by atoms with Crippen LogP contribution in [0.3, 0.4) is 0 Å². The average Bonchev–Trinajstić information content (AvgIpc) is 2.42. The first-order chi connectivity index (χ1) is 9.07. The largest absolute Gasteiger partial charge is 0.449 e. The van der Waals surface area contributed by atoms with E-state index >= 15 is 0 Å². The molecule has 0 heterocycles. The van der Waals surface area contributed by atoms with Gasteiger partial charge in [-0.05, 0) is 26.2 Å². The van der Waals surface area contributed by atoms with E-state index in [0.717, 1.165) is 0 Å². The molecule has 0 unspecified atom stereocenters. The Morgan fingerprint density at radius 3 is 0.900 bits per heavy atom. The summed E-state index contributed by atoms with van der Waals surface area (Å²) in [5.41, 5.74) is 11.5. The smallest absolute Gasteiger partial charge is 0.198 e. The van der Waals surface area contributed by atoms with Crippen LogP contribution in [0.5, 0.6) is 0 Å². The van der Waals surface area contributed by atoms with Crippen LogP contribution in [-0.2, 0) is 4.12 Å². The van der Waals surface area contributed by atoms with Gasteiger partial charge in [-0.15, -0.1) is 39.5 Å². The molecule has 0 saturated heterocycles. The third-order valence-electron chi connectivity index (χ3n) is 2.92. The second kappa shape index (κ2) is 9.07. The molecule has 112 valence electrons. The fourth-order valence-electron chi connectivity index (χ4n) is 1.26. The molecule has 1 nitrogen and oxygen atoms in total. The fourth-order valence-corrected chi connectivity index (χ4v) is 8.35. The summed E-state index contributed by atoms with van der Waals surface area (Å²) >= 11 is 0. The lowest BCUT2D eigenvalue weighted by Crippen LogP contribution is -2.41. The lowest BCUT2D eigenvalue weighted by Gasteiger charge is -2.29. The molecule has 0 saturated carbocycles. The van der Waals surface area contributed by atoms with Crippen molar-refractivity contribution in [3.8, 4) is 0 Å². The Kier molecular flexibility index (Phi) is 9.69. The van der Waals surface area contributed by atoms with Gasteiger partial charge >= 0.3 is 0 Å². The molecule has 0 amide bonds. The van der Waals surface area contributed by atoms with Crippen molar-refractivity contribution in [2.75, 3.05) is 0 Å². The molecule has 0 fully saturated rings. The molecule has 0 aromatic rings. The molecular formula is C16H30OSi3. The van der Waals surface area contributed by atoms with Gasteiger partial charge in [0.05, 0.1) is 0 Å².